The zero-order chi connectivity index (χ0) is 16.8. The fourth-order valence-corrected chi connectivity index (χ4v) is 2.91. The van der Waals surface area contributed by atoms with Crippen molar-refractivity contribution in [1.29, 1.82) is 0 Å². The Labute approximate surface area is 141 Å². The second-order valence-corrected chi connectivity index (χ2v) is 5.75. The van der Waals surface area contributed by atoms with Crippen LogP contribution in [0.3, 0.4) is 0 Å². The Kier molecular flexibility index (Phi) is 5.38. The molecule has 0 saturated carbocycles. The number of methoxy groups -OCH3 is 1. The van der Waals surface area contributed by atoms with Crippen molar-refractivity contribution in [2.75, 3.05) is 26.8 Å². The van der Waals surface area contributed by atoms with E-state index in [0.717, 1.165) is 24.3 Å². The predicted octanol–water partition coefficient (Wildman–Crippen LogP) is 2.62. The van der Waals surface area contributed by atoms with E-state index in [-0.39, 0.29) is 18.4 Å². The zero-order valence-corrected chi connectivity index (χ0v) is 13.7. The molecule has 0 spiro atoms. The summed E-state index contributed by atoms with van der Waals surface area (Å²) in [4.78, 5) is 22.6. The monoisotopic (exact) mass is 327 g/mol. The maximum atomic E-state index is 11.9. The van der Waals surface area contributed by atoms with Crippen molar-refractivity contribution in [2.24, 2.45) is 0 Å². The van der Waals surface area contributed by atoms with Gasteiger partial charge in [0.15, 0.2) is 0 Å². The number of hydrogen-bond donors (Lipinski definition) is 0. The van der Waals surface area contributed by atoms with Crippen LogP contribution in [0.5, 0.6) is 11.6 Å². The third-order valence-electron chi connectivity index (χ3n) is 4.15. The van der Waals surface area contributed by atoms with Crippen molar-refractivity contribution in [3.8, 4) is 11.6 Å². The van der Waals surface area contributed by atoms with Crippen LogP contribution in [0, 0.1) is 0 Å². The molecule has 24 heavy (non-hydrogen) atoms. The zero-order valence-electron chi connectivity index (χ0n) is 13.7. The van der Waals surface area contributed by atoms with Gasteiger partial charge in [0.25, 0.3) is 0 Å². The Hall–Kier alpha value is -2.47. The molecule has 2 aromatic rings. The van der Waals surface area contributed by atoms with Crippen molar-refractivity contribution >= 4 is 5.91 Å². The van der Waals surface area contributed by atoms with Crippen LogP contribution in [-0.4, -0.2) is 47.6 Å². The minimum Gasteiger partial charge on any atom is -0.437 e. The molecule has 1 aromatic heterocycles. The molecule has 1 aromatic carbocycles. The smallest absolute Gasteiger partial charge is 0.248 e. The van der Waals surface area contributed by atoms with E-state index in [4.69, 9.17) is 9.47 Å². The van der Waals surface area contributed by atoms with Crippen molar-refractivity contribution in [2.45, 2.75) is 18.8 Å². The predicted molar refractivity (Wildman–Crippen MR) is 89.0 cm³/mol. The highest BCUT2D eigenvalue weighted by Crippen LogP contribution is 2.33. The summed E-state index contributed by atoms with van der Waals surface area (Å²) < 4.78 is 10.8. The van der Waals surface area contributed by atoms with Crippen molar-refractivity contribution in [3.63, 3.8) is 0 Å². The number of hydrogen-bond acceptors (Lipinski definition) is 5. The van der Waals surface area contributed by atoms with Crippen LogP contribution in [0.4, 0.5) is 0 Å². The molecule has 0 aliphatic carbocycles. The van der Waals surface area contributed by atoms with Crippen LogP contribution >= 0.6 is 0 Å². The standard InChI is InChI=1S/C18H21N3O3/c1-23-13-16(22)21-11-7-14(8-12-21)17-18(20-10-9-19-17)24-15-5-3-2-4-6-15/h2-6,9-10,14H,7-8,11-13H2,1H3. The number of carbonyl (C=O) groups is 1. The van der Waals surface area contributed by atoms with E-state index in [1.165, 1.54) is 7.11 Å². The van der Waals surface area contributed by atoms with Crippen LogP contribution in [0.1, 0.15) is 24.5 Å². The van der Waals surface area contributed by atoms with E-state index in [0.29, 0.717) is 19.0 Å². The van der Waals surface area contributed by atoms with Gasteiger partial charge in [-0.25, -0.2) is 4.98 Å². The minimum atomic E-state index is 0.0378. The molecule has 1 saturated heterocycles. The number of ether oxygens (including phenoxy) is 2. The fraction of sp³-hybridized carbons (Fsp3) is 0.389. The lowest BCUT2D eigenvalue weighted by Crippen LogP contribution is -2.39. The van der Waals surface area contributed by atoms with Gasteiger partial charge in [0.2, 0.25) is 11.8 Å². The van der Waals surface area contributed by atoms with Crippen LogP contribution in [-0.2, 0) is 9.53 Å². The van der Waals surface area contributed by atoms with Gasteiger partial charge in [-0.05, 0) is 25.0 Å². The number of aromatic nitrogens is 2. The first-order valence-corrected chi connectivity index (χ1v) is 8.08. The normalized spacial score (nSPS) is 15.3. The van der Waals surface area contributed by atoms with Gasteiger partial charge >= 0.3 is 0 Å². The van der Waals surface area contributed by atoms with E-state index in [1.807, 2.05) is 35.2 Å². The second kappa shape index (κ2) is 7.88. The molecule has 1 amide bonds. The maximum Gasteiger partial charge on any atom is 0.248 e. The highest BCUT2D eigenvalue weighted by atomic mass is 16.5. The lowest BCUT2D eigenvalue weighted by Gasteiger charge is -2.31. The quantitative estimate of drug-likeness (QED) is 0.844. The summed E-state index contributed by atoms with van der Waals surface area (Å²) in [6.07, 6.45) is 5.02. The van der Waals surface area contributed by atoms with Gasteiger partial charge in [-0.3, -0.25) is 9.78 Å². The van der Waals surface area contributed by atoms with E-state index in [1.54, 1.807) is 12.4 Å². The number of benzene rings is 1. The molecule has 3 rings (SSSR count). The lowest BCUT2D eigenvalue weighted by atomic mass is 9.93. The molecule has 2 heterocycles. The molecule has 126 valence electrons. The van der Waals surface area contributed by atoms with Gasteiger partial charge in [-0.1, -0.05) is 18.2 Å². The van der Waals surface area contributed by atoms with E-state index < -0.39 is 0 Å². The Balaban J connectivity index is 1.69. The van der Waals surface area contributed by atoms with Crippen LogP contribution in [0.15, 0.2) is 42.7 Å². The van der Waals surface area contributed by atoms with Crippen molar-refractivity contribution in [3.05, 3.63) is 48.4 Å². The second-order valence-electron chi connectivity index (χ2n) is 5.75. The molecule has 6 heteroatoms. The van der Waals surface area contributed by atoms with Gasteiger partial charge in [0.1, 0.15) is 18.1 Å². The third-order valence-corrected chi connectivity index (χ3v) is 4.15. The lowest BCUT2D eigenvalue weighted by molar-refractivity contribution is -0.136. The van der Waals surface area contributed by atoms with Crippen LogP contribution in [0.25, 0.3) is 0 Å². The third kappa shape index (κ3) is 3.89. The van der Waals surface area contributed by atoms with E-state index >= 15 is 0 Å². The molecule has 0 radical (unpaired) electrons. The number of amides is 1. The van der Waals surface area contributed by atoms with Gasteiger partial charge < -0.3 is 14.4 Å². The molecule has 1 aliphatic heterocycles. The van der Waals surface area contributed by atoms with Gasteiger partial charge in [0.05, 0.1) is 0 Å². The largest absolute Gasteiger partial charge is 0.437 e. The number of nitrogens with zero attached hydrogens (tertiary/aromatic N) is 3. The maximum absolute atomic E-state index is 11.9. The van der Waals surface area contributed by atoms with Crippen molar-refractivity contribution < 1.29 is 14.3 Å². The summed E-state index contributed by atoms with van der Waals surface area (Å²) in [7, 11) is 1.54. The number of rotatable bonds is 5. The molecular formula is C18H21N3O3. The summed E-state index contributed by atoms with van der Waals surface area (Å²) in [5, 5.41) is 0. The van der Waals surface area contributed by atoms with Crippen LogP contribution < -0.4 is 4.74 Å². The molecule has 0 atom stereocenters. The summed E-state index contributed by atoms with van der Waals surface area (Å²) in [5.41, 5.74) is 0.861. The molecule has 6 nitrogen and oxygen atoms in total. The van der Waals surface area contributed by atoms with Crippen molar-refractivity contribution in [1.82, 2.24) is 14.9 Å². The fourth-order valence-electron chi connectivity index (χ4n) is 2.91. The Bertz CT molecular complexity index is 670. The topological polar surface area (TPSA) is 64.5 Å². The summed E-state index contributed by atoms with van der Waals surface area (Å²) in [6, 6.07) is 9.57. The molecule has 0 N–H and O–H groups in total. The average Bonchev–Trinajstić information content (AvgIpc) is 2.63. The van der Waals surface area contributed by atoms with Crippen LogP contribution in [0.2, 0.25) is 0 Å². The van der Waals surface area contributed by atoms with E-state index in [2.05, 4.69) is 9.97 Å². The van der Waals surface area contributed by atoms with Gasteiger partial charge in [-0.15, -0.1) is 0 Å². The molecule has 1 aliphatic rings. The highest BCUT2D eigenvalue weighted by molar-refractivity contribution is 5.77. The summed E-state index contributed by atoms with van der Waals surface area (Å²) in [5.74, 6) is 1.57. The number of carbonyl (C=O) groups excluding carboxylic acids is 1. The Morgan fingerprint density at radius 2 is 1.88 bits per heavy atom. The average molecular weight is 327 g/mol. The highest BCUT2D eigenvalue weighted by Gasteiger charge is 2.27. The van der Waals surface area contributed by atoms with E-state index in [9.17, 15) is 4.79 Å². The molecule has 0 unspecified atom stereocenters. The summed E-state index contributed by atoms with van der Waals surface area (Å²) in [6.45, 7) is 1.54. The summed E-state index contributed by atoms with van der Waals surface area (Å²) >= 11 is 0. The SMILES string of the molecule is COCC(=O)N1CCC(c2nccnc2Oc2ccccc2)CC1. The van der Waals surface area contributed by atoms with Gasteiger partial charge in [0, 0.05) is 38.5 Å². The minimum absolute atomic E-state index is 0.0378. The van der Waals surface area contributed by atoms with Gasteiger partial charge in [-0.2, -0.15) is 0 Å². The number of likely N-dealkylation sites (tertiary alicyclic amines) is 1. The molecular weight excluding hydrogens is 306 g/mol. The Morgan fingerprint density at radius 3 is 2.58 bits per heavy atom. The molecule has 1 fully saturated rings. The first-order valence-electron chi connectivity index (χ1n) is 8.08. The first kappa shape index (κ1) is 16.4. The number of piperidine rings is 1. The number of para-hydroxylation sites is 1. The molecule has 0 bridgehead atoms. The first-order chi connectivity index (χ1) is 11.8. The Morgan fingerprint density at radius 1 is 1.17 bits per heavy atom.